The first kappa shape index (κ1) is 13.3. The molecule has 1 N–H and O–H groups in total. The van der Waals surface area contributed by atoms with Crippen LogP contribution in [0.15, 0.2) is 42.7 Å². The van der Waals surface area contributed by atoms with Crippen LogP contribution in [-0.2, 0) is 6.42 Å². The number of hydrogen-bond acceptors (Lipinski definition) is 3. The highest BCUT2D eigenvalue weighted by Gasteiger charge is 2.48. The second kappa shape index (κ2) is 4.53. The van der Waals surface area contributed by atoms with Gasteiger partial charge in [-0.1, -0.05) is 0 Å². The third-order valence-electron chi connectivity index (χ3n) is 5.41. The molecule has 0 radical (unpaired) electrons. The average Bonchev–Trinajstić information content (AvgIpc) is 2.99. The number of benzene rings is 1. The van der Waals surface area contributed by atoms with Gasteiger partial charge in [-0.25, -0.2) is 9.37 Å². The summed E-state index contributed by atoms with van der Waals surface area (Å²) in [5.41, 5.74) is 6.10. The summed E-state index contributed by atoms with van der Waals surface area (Å²) in [5.74, 6) is 0.491. The Morgan fingerprint density at radius 2 is 2.04 bits per heavy atom. The Morgan fingerprint density at radius 1 is 1.16 bits per heavy atom. The quantitative estimate of drug-likeness (QED) is 0.609. The Kier molecular flexibility index (Phi) is 2.41. The summed E-state index contributed by atoms with van der Waals surface area (Å²) in [5, 5.41) is 13.0. The van der Waals surface area contributed by atoms with E-state index in [-0.39, 0.29) is 5.82 Å². The molecule has 122 valence electrons. The van der Waals surface area contributed by atoms with Gasteiger partial charge in [0.25, 0.3) is 0 Å². The van der Waals surface area contributed by atoms with Gasteiger partial charge in [0, 0.05) is 28.4 Å². The van der Waals surface area contributed by atoms with Crippen molar-refractivity contribution in [3.63, 3.8) is 0 Å². The zero-order chi connectivity index (χ0) is 16.5. The lowest BCUT2D eigenvalue weighted by atomic mass is 9.96. The van der Waals surface area contributed by atoms with Crippen molar-refractivity contribution in [2.45, 2.75) is 18.9 Å². The largest absolute Gasteiger partial charge is 0.265 e. The smallest absolute Gasteiger partial charge is 0.155 e. The predicted molar refractivity (Wildman–Crippen MR) is 91.4 cm³/mol. The topological polar surface area (TPSA) is 59.4 Å². The van der Waals surface area contributed by atoms with Gasteiger partial charge in [-0.15, -0.1) is 0 Å². The summed E-state index contributed by atoms with van der Waals surface area (Å²) in [6.07, 6.45) is 5.88. The van der Waals surface area contributed by atoms with Gasteiger partial charge in [0.1, 0.15) is 11.5 Å². The van der Waals surface area contributed by atoms with E-state index in [9.17, 15) is 4.39 Å². The molecule has 0 saturated heterocycles. The molecule has 4 heterocycles. The minimum absolute atomic E-state index is 0.236. The standard InChI is InChI=1S/C19H14FN5/c20-12-3-1-10(2-4-12)18-17(16-8-11-7-15(11)25(16)24-18)13-5-6-21-19-14(13)9-22-23-19/h1-6,9,11,15H,7-8H2,(H,21,22,23)/t11-,15-/m0/s1. The van der Waals surface area contributed by atoms with Crippen LogP contribution in [0.5, 0.6) is 0 Å². The van der Waals surface area contributed by atoms with Crippen molar-refractivity contribution in [3.05, 3.63) is 54.2 Å². The normalized spacial score (nSPS) is 20.7. The molecular weight excluding hydrogens is 317 g/mol. The van der Waals surface area contributed by atoms with Crippen molar-refractivity contribution in [1.82, 2.24) is 25.0 Å². The first-order valence-corrected chi connectivity index (χ1v) is 8.45. The van der Waals surface area contributed by atoms with Crippen molar-refractivity contribution < 1.29 is 4.39 Å². The fraction of sp³-hybridized carbons (Fsp3) is 0.211. The third kappa shape index (κ3) is 1.79. The predicted octanol–water partition coefficient (Wildman–Crippen LogP) is 3.74. The Bertz CT molecular complexity index is 1120. The monoisotopic (exact) mass is 331 g/mol. The highest BCUT2D eigenvalue weighted by atomic mass is 19.1. The lowest BCUT2D eigenvalue weighted by Gasteiger charge is -2.07. The molecule has 1 aliphatic carbocycles. The number of H-pyrrole nitrogens is 1. The molecule has 3 aromatic heterocycles. The van der Waals surface area contributed by atoms with Crippen LogP contribution in [0.25, 0.3) is 33.4 Å². The summed E-state index contributed by atoms with van der Waals surface area (Å²) in [7, 11) is 0. The summed E-state index contributed by atoms with van der Waals surface area (Å²) >= 11 is 0. The van der Waals surface area contributed by atoms with Crippen LogP contribution < -0.4 is 0 Å². The molecule has 0 unspecified atom stereocenters. The summed E-state index contributed by atoms with van der Waals surface area (Å²) in [6.45, 7) is 0. The minimum atomic E-state index is -0.236. The van der Waals surface area contributed by atoms with Crippen LogP contribution in [-0.4, -0.2) is 25.0 Å². The maximum absolute atomic E-state index is 13.4. The van der Waals surface area contributed by atoms with E-state index in [1.54, 1.807) is 18.3 Å². The number of nitrogens with zero attached hydrogens (tertiary/aromatic N) is 4. The van der Waals surface area contributed by atoms with Crippen LogP contribution in [0, 0.1) is 11.7 Å². The first-order chi connectivity index (χ1) is 12.3. The molecule has 25 heavy (non-hydrogen) atoms. The van der Waals surface area contributed by atoms with E-state index >= 15 is 0 Å². The summed E-state index contributed by atoms with van der Waals surface area (Å²) in [4.78, 5) is 4.35. The van der Waals surface area contributed by atoms with Crippen molar-refractivity contribution in [1.29, 1.82) is 0 Å². The number of halogens is 1. The van der Waals surface area contributed by atoms with E-state index in [4.69, 9.17) is 5.10 Å². The van der Waals surface area contributed by atoms with Crippen molar-refractivity contribution in [3.8, 4) is 22.4 Å². The molecule has 0 spiro atoms. The van der Waals surface area contributed by atoms with Gasteiger partial charge < -0.3 is 0 Å². The molecule has 6 heteroatoms. The van der Waals surface area contributed by atoms with Gasteiger partial charge in [0.2, 0.25) is 0 Å². The Hall–Kier alpha value is -3.02. The molecule has 0 bridgehead atoms. The van der Waals surface area contributed by atoms with Gasteiger partial charge in [-0.2, -0.15) is 10.2 Å². The van der Waals surface area contributed by atoms with E-state index in [0.29, 0.717) is 6.04 Å². The number of rotatable bonds is 2. The molecule has 5 nitrogen and oxygen atoms in total. The third-order valence-corrected chi connectivity index (χ3v) is 5.41. The highest BCUT2D eigenvalue weighted by molar-refractivity contribution is 5.97. The van der Waals surface area contributed by atoms with Crippen LogP contribution in [0.4, 0.5) is 4.39 Å². The summed E-state index contributed by atoms with van der Waals surface area (Å²) in [6, 6.07) is 9.13. The van der Waals surface area contributed by atoms with Crippen LogP contribution in [0.3, 0.4) is 0 Å². The second-order valence-electron chi connectivity index (χ2n) is 6.88. The SMILES string of the molecule is Fc1ccc(-c2nn3c(c2-c2ccnc4[nH]ncc24)C[C@@H]2C[C@@H]23)cc1. The lowest BCUT2D eigenvalue weighted by molar-refractivity contribution is 0.627. The maximum Gasteiger partial charge on any atom is 0.155 e. The van der Waals surface area contributed by atoms with Crippen molar-refractivity contribution in [2.75, 3.05) is 0 Å². The van der Waals surface area contributed by atoms with Gasteiger partial charge in [0.05, 0.1) is 12.2 Å². The number of nitrogens with one attached hydrogen (secondary N) is 1. The number of aromatic nitrogens is 5. The molecule has 1 aliphatic heterocycles. The number of fused-ring (bicyclic) bond motifs is 4. The van der Waals surface area contributed by atoms with Crippen LogP contribution in [0.2, 0.25) is 0 Å². The number of hydrogen-bond donors (Lipinski definition) is 1. The average molecular weight is 331 g/mol. The van der Waals surface area contributed by atoms with Crippen molar-refractivity contribution in [2.24, 2.45) is 5.92 Å². The molecule has 1 fully saturated rings. The molecule has 2 atom stereocenters. The Labute approximate surface area is 142 Å². The van der Waals surface area contributed by atoms with Gasteiger partial charge in [-0.05, 0) is 54.7 Å². The van der Waals surface area contributed by atoms with E-state index < -0.39 is 0 Å². The van der Waals surface area contributed by atoms with E-state index in [0.717, 1.165) is 45.8 Å². The van der Waals surface area contributed by atoms with E-state index in [1.807, 2.05) is 12.3 Å². The molecule has 6 rings (SSSR count). The molecule has 2 aliphatic rings. The highest BCUT2D eigenvalue weighted by Crippen LogP contribution is 2.55. The number of aromatic amines is 1. The first-order valence-electron chi connectivity index (χ1n) is 8.45. The molecule has 4 aromatic rings. The van der Waals surface area contributed by atoms with E-state index in [2.05, 4.69) is 19.9 Å². The van der Waals surface area contributed by atoms with Gasteiger partial charge in [0.15, 0.2) is 5.65 Å². The molecule has 1 aromatic carbocycles. The summed E-state index contributed by atoms with van der Waals surface area (Å²) < 4.78 is 15.6. The lowest BCUT2D eigenvalue weighted by Crippen LogP contribution is -1.96. The Morgan fingerprint density at radius 3 is 2.92 bits per heavy atom. The van der Waals surface area contributed by atoms with Crippen LogP contribution in [0.1, 0.15) is 18.2 Å². The minimum Gasteiger partial charge on any atom is -0.265 e. The Balaban J connectivity index is 1.66. The second-order valence-corrected chi connectivity index (χ2v) is 6.88. The van der Waals surface area contributed by atoms with E-state index in [1.165, 1.54) is 24.2 Å². The van der Waals surface area contributed by atoms with Gasteiger partial charge >= 0.3 is 0 Å². The zero-order valence-corrected chi connectivity index (χ0v) is 13.3. The fourth-order valence-corrected chi connectivity index (χ4v) is 4.10. The maximum atomic E-state index is 13.4. The number of pyridine rings is 1. The fourth-order valence-electron chi connectivity index (χ4n) is 4.10. The zero-order valence-electron chi connectivity index (χ0n) is 13.3. The molecule has 0 amide bonds. The van der Waals surface area contributed by atoms with Gasteiger partial charge in [-0.3, -0.25) is 9.78 Å². The van der Waals surface area contributed by atoms with Crippen molar-refractivity contribution >= 4 is 11.0 Å². The van der Waals surface area contributed by atoms with Crippen LogP contribution >= 0.6 is 0 Å². The molecular formula is C19H14FN5. The molecule has 1 saturated carbocycles.